The molecule has 10 nitrogen and oxygen atoms in total. The van der Waals surface area contributed by atoms with Gasteiger partial charge in [-0.25, -0.2) is 19.5 Å². The number of nitrogens with zero attached hydrogens (tertiary/aromatic N) is 8. The number of piperidine rings is 1. The van der Waals surface area contributed by atoms with E-state index in [0.717, 1.165) is 85.0 Å². The van der Waals surface area contributed by atoms with E-state index in [4.69, 9.17) is 24.7 Å². The molecule has 6 rings (SSSR count). The predicted molar refractivity (Wildman–Crippen MR) is 148 cm³/mol. The molecular weight excluding hydrogens is 480 g/mol. The summed E-state index contributed by atoms with van der Waals surface area (Å²) in [4.78, 5) is 38.0. The number of rotatable bonds is 5. The lowest BCUT2D eigenvalue weighted by Crippen LogP contribution is -2.37. The van der Waals surface area contributed by atoms with Gasteiger partial charge in [0.15, 0.2) is 5.82 Å². The maximum Gasteiger partial charge on any atom is 0.239 e. The number of morpholine rings is 1. The van der Waals surface area contributed by atoms with Crippen molar-refractivity contribution in [2.45, 2.75) is 26.2 Å². The highest BCUT2D eigenvalue weighted by molar-refractivity contribution is 5.88. The molecule has 3 aromatic heterocycles. The van der Waals surface area contributed by atoms with Crippen LogP contribution in [0.3, 0.4) is 0 Å². The Kier molecular flexibility index (Phi) is 6.57. The number of amides is 1. The van der Waals surface area contributed by atoms with Gasteiger partial charge in [-0.15, -0.1) is 0 Å². The van der Waals surface area contributed by atoms with E-state index in [1.165, 1.54) is 0 Å². The van der Waals surface area contributed by atoms with Crippen molar-refractivity contribution in [3.8, 4) is 5.95 Å². The number of hydrogen-bond acceptors (Lipinski definition) is 8. The van der Waals surface area contributed by atoms with E-state index in [-0.39, 0.29) is 5.91 Å². The Hall–Kier alpha value is -3.79. The fraction of sp³-hybridized carbons (Fsp3) is 0.464. The molecule has 198 valence electrons. The van der Waals surface area contributed by atoms with Crippen molar-refractivity contribution in [1.29, 1.82) is 0 Å². The minimum Gasteiger partial charge on any atom is -0.378 e. The standard InChI is InChI=1S/C28H34N8O2/c1-19(37)34-12-10-20(11-13-34)18-21-8-9-23-25(29-21)26(35-14-16-38-17-15-35)32-27(30-23)36-24-7-5-4-6-22(24)31-28(36)33(2)3/h4-9,20H,10-18H2,1-3H3. The maximum atomic E-state index is 11.7. The van der Waals surface area contributed by atoms with Crippen LogP contribution in [0.4, 0.5) is 11.8 Å². The van der Waals surface area contributed by atoms with E-state index >= 15 is 0 Å². The van der Waals surface area contributed by atoms with Crippen LogP contribution in [0.15, 0.2) is 36.4 Å². The number of benzene rings is 1. The summed E-state index contributed by atoms with van der Waals surface area (Å²) in [6.45, 7) is 6.13. The van der Waals surface area contributed by atoms with Crippen LogP contribution in [0, 0.1) is 5.92 Å². The minimum atomic E-state index is 0.165. The van der Waals surface area contributed by atoms with Crippen molar-refractivity contribution in [2.24, 2.45) is 5.92 Å². The van der Waals surface area contributed by atoms with Gasteiger partial charge in [0, 0.05) is 52.9 Å². The Bertz CT molecular complexity index is 1470. The highest BCUT2D eigenvalue weighted by atomic mass is 16.5. The number of imidazole rings is 1. The molecule has 2 saturated heterocycles. The fourth-order valence-electron chi connectivity index (χ4n) is 5.49. The van der Waals surface area contributed by atoms with Gasteiger partial charge in [0.1, 0.15) is 5.52 Å². The van der Waals surface area contributed by atoms with Gasteiger partial charge >= 0.3 is 0 Å². The first-order valence-electron chi connectivity index (χ1n) is 13.4. The second kappa shape index (κ2) is 10.2. The second-order valence-electron chi connectivity index (χ2n) is 10.4. The van der Waals surface area contributed by atoms with Gasteiger partial charge in [-0.3, -0.25) is 4.79 Å². The summed E-state index contributed by atoms with van der Waals surface area (Å²) < 4.78 is 7.66. The molecule has 10 heteroatoms. The van der Waals surface area contributed by atoms with Crippen LogP contribution in [0.5, 0.6) is 0 Å². The van der Waals surface area contributed by atoms with Crippen LogP contribution in [0.1, 0.15) is 25.5 Å². The van der Waals surface area contributed by atoms with E-state index in [1.54, 1.807) is 6.92 Å². The first-order valence-corrected chi connectivity index (χ1v) is 13.4. The molecule has 5 heterocycles. The lowest BCUT2D eigenvalue weighted by atomic mass is 9.92. The van der Waals surface area contributed by atoms with Gasteiger partial charge in [-0.05, 0) is 49.4 Å². The predicted octanol–water partition coefficient (Wildman–Crippen LogP) is 3.07. The summed E-state index contributed by atoms with van der Waals surface area (Å²) in [6, 6.07) is 12.2. The van der Waals surface area contributed by atoms with Gasteiger partial charge in [-0.2, -0.15) is 4.98 Å². The van der Waals surface area contributed by atoms with E-state index in [0.29, 0.717) is 25.1 Å². The maximum absolute atomic E-state index is 11.7. The molecule has 0 saturated carbocycles. The number of carbonyl (C=O) groups excluding carboxylic acids is 1. The van der Waals surface area contributed by atoms with Gasteiger partial charge in [0.05, 0.1) is 29.8 Å². The molecule has 0 aliphatic carbocycles. The number of aromatic nitrogens is 5. The third kappa shape index (κ3) is 4.64. The zero-order valence-electron chi connectivity index (χ0n) is 22.3. The SMILES string of the molecule is CC(=O)N1CCC(Cc2ccc3nc(-n4c(N(C)C)nc5ccccc54)nc(N4CCOCC4)c3n2)CC1. The molecule has 0 atom stereocenters. The average Bonchev–Trinajstić information content (AvgIpc) is 3.33. The van der Waals surface area contributed by atoms with Gasteiger partial charge in [0.2, 0.25) is 17.8 Å². The number of likely N-dealkylation sites (tertiary alicyclic amines) is 1. The van der Waals surface area contributed by atoms with Gasteiger partial charge < -0.3 is 19.4 Å². The molecule has 2 fully saturated rings. The number of anilines is 2. The average molecular weight is 515 g/mol. The first-order chi connectivity index (χ1) is 18.5. The Labute approximate surface area is 222 Å². The summed E-state index contributed by atoms with van der Waals surface area (Å²) in [6.07, 6.45) is 2.90. The summed E-state index contributed by atoms with van der Waals surface area (Å²) in [5.74, 6) is 2.88. The number of hydrogen-bond donors (Lipinski definition) is 0. The molecule has 4 aromatic rings. The molecule has 0 radical (unpaired) electrons. The van der Waals surface area contributed by atoms with Crippen LogP contribution < -0.4 is 9.80 Å². The van der Waals surface area contributed by atoms with Gasteiger partial charge in [0.25, 0.3) is 0 Å². The van der Waals surface area contributed by atoms with E-state index in [1.807, 2.05) is 46.7 Å². The molecule has 2 aliphatic heterocycles. The van der Waals surface area contributed by atoms with Crippen molar-refractivity contribution in [3.63, 3.8) is 0 Å². The van der Waals surface area contributed by atoms with Crippen LogP contribution >= 0.6 is 0 Å². The van der Waals surface area contributed by atoms with Gasteiger partial charge in [-0.1, -0.05) is 12.1 Å². The zero-order chi connectivity index (χ0) is 26.2. The van der Waals surface area contributed by atoms with Crippen molar-refractivity contribution in [1.82, 2.24) is 29.4 Å². The molecule has 0 unspecified atom stereocenters. The molecule has 0 spiro atoms. The molecule has 1 aromatic carbocycles. The minimum absolute atomic E-state index is 0.165. The topological polar surface area (TPSA) is 92.5 Å². The number of pyridine rings is 1. The molecule has 0 N–H and O–H groups in total. The van der Waals surface area contributed by atoms with E-state index in [2.05, 4.69) is 23.1 Å². The van der Waals surface area contributed by atoms with Crippen LogP contribution in [-0.2, 0) is 16.0 Å². The van der Waals surface area contributed by atoms with E-state index < -0.39 is 0 Å². The smallest absolute Gasteiger partial charge is 0.239 e. The largest absolute Gasteiger partial charge is 0.378 e. The Morgan fingerprint density at radius 1 is 0.947 bits per heavy atom. The molecule has 2 aliphatic rings. The Morgan fingerprint density at radius 2 is 1.71 bits per heavy atom. The number of carbonyl (C=O) groups is 1. The summed E-state index contributed by atoms with van der Waals surface area (Å²) in [7, 11) is 3.97. The number of fused-ring (bicyclic) bond motifs is 2. The zero-order valence-corrected chi connectivity index (χ0v) is 22.3. The monoisotopic (exact) mass is 514 g/mol. The molecule has 0 bridgehead atoms. The highest BCUT2D eigenvalue weighted by Crippen LogP contribution is 2.30. The van der Waals surface area contributed by atoms with Crippen molar-refractivity contribution in [2.75, 3.05) is 63.3 Å². The van der Waals surface area contributed by atoms with Crippen LogP contribution in [0.2, 0.25) is 0 Å². The molecule has 38 heavy (non-hydrogen) atoms. The van der Waals surface area contributed by atoms with Crippen molar-refractivity contribution >= 4 is 39.7 Å². The summed E-state index contributed by atoms with van der Waals surface area (Å²) in [5, 5.41) is 0. The van der Waals surface area contributed by atoms with E-state index in [9.17, 15) is 4.79 Å². The third-order valence-corrected chi connectivity index (χ3v) is 7.58. The van der Waals surface area contributed by atoms with Crippen LogP contribution in [-0.4, -0.2) is 88.8 Å². The highest BCUT2D eigenvalue weighted by Gasteiger charge is 2.24. The third-order valence-electron chi connectivity index (χ3n) is 7.58. The molecular formula is C28H34N8O2. The lowest BCUT2D eigenvalue weighted by molar-refractivity contribution is -0.130. The summed E-state index contributed by atoms with van der Waals surface area (Å²) >= 11 is 0. The number of para-hydroxylation sites is 2. The summed E-state index contributed by atoms with van der Waals surface area (Å²) in [5.41, 5.74) is 4.55. The molecule has 1 amide bonds. The first kappa shape index (κ1) is 24.5. The van der Waals surface area contributed by atoms with Crippen LogP contribution in [0.25, 0.3) is 28.0 Å². The lowest BCUT2D eigenvalue weighted by Gasteiger charge is -2.31. The second-order valence-corrected chi connectivity index (χ2v) is 10.4. The Balaban J connectivity index is 1.42. The van der Waals surface area contributed by atoms with Crippen molar-refractivity contribution in [3.05, 3.63) is 42.1 Å². The normalized spacial score (nSPS) is 16.9. The quantitative estimate of drug-likeness (QED) is 0.401. The van der Waals surface area contributed by atoms with Crippen molar-refractivity contribution < 1.29 is 9.53 Å². The fourth-order valence-corrected chi connectivity index (χ4v) is 5.49. The number of ether oxygens (including phenoxy) is 1. The Morgan fingerprint density at radius 3 is 2.45 bits per heavy atom.